The average molecular weight is 642 g/mol. The summed E-state index contributed by atoms with van der Waals surface area (Å²) in [4.78, 5) is 4.75. The van der Waals surface area contributed by atoms with Crippen LogP contribution in [0.1, 0.15) is 47.5 Å². The second-order valence-electron chi connectivity index (χ2n) is 12.2. The van der Waals surface area contributed by atoms with Crippen molar-refractivity contribution in [3.05, 3.63) is 179 Å². The standard InChI is InChI=1S/C41H36N8/c1-3-31-29-47(49-39(31)42-38(4-2)44-49)28-30-24-26-32(27-25-30)36-22-14-15-23-37(36)40-43-45-46-48(40)41(33-16-8-5-9-17-33,34-18-10-6-11-19-34)35-20-12-7-13-21-35/h5-27,29H,3-4,28H2,1-2H3/p+1. The molecule has 0 amide bonds. The maximum absolute atomic E-state index is 4.78. The molecule has 0 atom stereocenters. The van der Waals surface area contributed by atoms with Gasteiger partial charge >= 0.3 is 5.82 Å². The Labute approximate surface area is 285 Å². The number of aryl methyl sites for hydroxylation is 2. The van der Waals surface area contributed by atoms with Gasteiger partial charge in [0.15, 0.2) is 22.2 Å². The molecule has 0 saturated heterocycles. The predicted molar refractivity (Wildman–Crippen MR) is 191 cm³/mol. The van der Waals surface area contributed by atoms with E-state index in [1.165, 1.54) is 11.1 Å². The van der Waals surface area contributed by atoms with Crippen LogP contribution in [0.3, 0.4) is 0 Å². The Kier molecular flexibility index (Phi) is 7.89. The van der Waals surface area contributed by atoms with Gasteiger partial charge in [-0.2, -0.15) is 4.63 Å². The molecule has 0 radical (unpaired) electrons. The molecule has 240 valence electrons. The highest BCUT2D eigenvalue weighted by molar-refractivity contribution is 5.79. The van der Waals surface area contributed by atoms with Crippen molar-refractivity contribution in [2.24, 2.45) is 0 Å². The summed E-state index contributed by atoms with van der Waals surface area (Å²) in [7, 11) is 0. The van der Waals surface area contributed by atoms with Gasteiger partial charge < -0.3 is 0 Å². The number of benzene rings is 5. The van der Waals surface area contributed by atoms with Crippen LogP contribution in [0.25, 0.3) is 28.2 Å². The number of aromatic amines is 1. The molecule has 0 fully saturated rings. The van der Waals surface area contributed by atoms with Crippen LogP contribution in [-0.4, -0.2) is 34.9 Å². The number of H-pyrrole nitrogens is 1. The third-order valence-corrected chi connectivity index (χ3v) is 9.36. The molecule has 5 aromatic carbocycles. The molecule has 49 heavy (non-hydrogen) atoms. The van der Waals surface area contributed by atoms with E-state index in [9.17, 15) is 0 Å². The zero-order chi connectivity index (χ0) is 33.2. The van der Waals surface area contributed by atoms with Gasteiger partial charge in [0.25, 0.3) is 0 Å². The van der Waals surface area contributed by atoms with Crippen LogP contribution < -0.4 is 4.68 Å². The fourth-order valence-electron chi connectivity index (χ4n) is 6.98. The van der Waals surface area contributed by atoms with E-state index in [2.05, 4.69) is 179 Å². The second kappa shape index (κ2) is 12.8. The first-order valence-electron chi connectivity index (χ1n) is 16.8. The van der Waals surface area contributed by atoms with E-state index < -0.39 is 5.54 Å². The van der Waals surface area contributed by atoms with Gasteiger partial charge in [0.1, 0.15) is 5.10 Å². The lowest BCUT2D eigenvalue weighted by Gasteiger charge is -2.33. The molecule has 0 aliphatic carbocycles. The molecule has 0 aliphatic heterocycles. The minimum absolute atomic E-state index is 0.696. The number of aromatic nitrogens is 8. The first kappa shape index (κ1) is 30.2. The zero-order valence-corrected chi connectivity index (χ0v) is 27.6. The molecule has 3 heterocycles. The zero-order valence-electron chi connectivity index (χ0n) is 27.6. The first-order chi connectivity index (χ1) is 24.2. The van der Waals surface area contributed by atoms with Crippen molar-refractivity contribution in [3.8, 4) is 22.5 Å². The summed E-state index contributed by atoms with van der Waals surface area (Å²) in [5, 5.41) is 17.3. The quantitative estimate of drug-likeness (QED) is 0.126. The van der Waals surface area contributed by atoms with Crippen molar-refractivity contribution in [1.82, 2.24) is 34.9 Å². The Hall–Kier alpha value is -6.15. The third-order valence-electron chi connectivity index (χ3n) is 9.36. The van der Waals surface area contributed by atoms with Crippen LogP contribution in [0.5, 0.6) is 0 Å². The molecular formula is C41H37N8+. The average Bonchev–Trinajstić information content (AvgIpc) is 3.91. The van der Waals surface area contributed by atoms with E-state index in [1.807, 2.05) is 4.63 Å². The molecule has 8 nitrogen and oxygen atoms in total. The van der Waals surface area contributed by atoms with Crippen molar-refractivity contribution >= 4 is 5.65 Å². The van der Waals surface area contributed by atoms with E-state index in [4.69, 9.17) is 15.2 Å². The number of nitrogens with zero attached hydrogens (tertiary/aromatic N) is 7. The summed E-state index contributed by atoms with van der Waals surface area (Å²) >= 11 is 0. The van der Waals surface area contributed by atoms with Crippen molar-refractivity contribution < 1.29 is 4.68 Å². The summed E-state index contributed by atoms with van der Waals surface area (Å²) in [6.45, 7) is 4.95. The monoisotopic (exact) mass is 641 g/mol. The van der Waals surface area contributed by atoms with E-state index in [0.29, 0.717) is 6.54 Å². The highest BCUT2D eigenvalue weighted by Gasteiger charge is 2.46. The minimum atomic E-state index is -0.780. The maximum Gasteiger partial charge on any atom is 0.334 e. The third kappa shape index (κ3) is 5.22. The molecule has 3 aromatic heterocycles. The molecule has 8 aromatic rings. The SMILES string of the molecule is CCc1nc2c(CC)cn(Cc3ccc(-c4ccccc4-c4nn[nH][n+]4C(c4ccccc4)(c4ccccc4)c4ccccc4)cc3)n2n1. The predicted octanol–water partition coefficient (Wildman–Crippen LogP) is 7.28. The normalized spacial score (nSPS) is 11.7. The van der Waals surface area contributed by atoms with E-state index >= 15 is 0 Å². The van der Waals surface area contributed by atoms with Crippen molar-refractivity contribution in [3.63, 3.8) is 0 Å². The fourth-order valence-corrected chi connectivity index (χ4v) is 6.98. The number of rotatable bonds is 10. The number of tetrazole rings is 1. The molecular weight excluding hydrogens is 605 g/mol. The van der Waals surface area contributed by atoms with Crippen LogP contribution >= 0.6 is 0 Å². The Bertz CT molecular complexity index is 2220. The van der Waals surface area contributed by atoms with E-state index in [0.717, 1.165) is 63.5 Å². The van der Waals surface area contributed by atoms with Crippen LogP contribution in [-0.2, 0) is 24.9 Å². The molecule has 0 bridgehead atoms. The lowest BCUT2D eigenvalue weighted by Crippen LogP contribution is -2.61. The Morgan fingerprint density at radius 3 is 1.80 bits per heavy atom. The number of fused-ring (bicyclic) bond motifs is 1. The van der Waals surface area contributed by atoms with Crippen LogP contribution in [0.4, 0.5) is 0 Å². The molecule has 0 unspecified atom stereocenters. The largest absolute Gasteiger partial charge is 0.334 e. The lowest BCUT2D eigenvalue weighted by molar-refractivity contribution is -0.779. The molecule has 8 heteroatoms. The highest BCUT2D eigenvalue weighted by atomic mass is 15.6. The second-order valence-corrected chi connectivity index (χ2v) is 12.2. The fraction of sp³-hybridized carbons (Fsp3) is 0.146. The summed E-state index contributed by atoms with van der Waals surface area (Å²) < 4.78 is 6.21. The van der Waals surface area contributed by atoms with Gasteiger partial charge in [0, 0.05) is 34.9 Å². The van der Waals surface area contributed by atoms with E-state index in [-0.39, 0.29) is 0 Å². The number of hydrogen-bond acceptors (Lipinski definition) is 4. The van der Waals surface area contributed by atoms with Gasteiger partial charge in [-0.15, -0.1) is 9.78 Å². The van der Waals surface area contributed by atoms with Gasteiger partial charge in [0.2, 0.25) is 0 Å². The van der Waals surface area contributed by atoms with Crippen LogP contribution in [0.2, 0.25) is 0 Å². The number of hydrogen-bond donors (Lipinski definition) is 1. The molecule has 8 rings (SSSR count). The summed E-state index contributed by atoms with van der Waals surface area (Å²) in [6, 6.07) is 48.9. The van der Waals surface area contributed by atoms with Crippen LogP contribution in [0.15, 0.2) is 146 Å². The van der Waals surface area contributed by atoms with Crippen LogP contribution in [0, 0.1) is 0 Å². The topological polar surface area (TPSA) is 80.6 Å². The number of nitrogens with one attached hydrogen (secondary N) is 1. The first-order valence-corrected chi connectivity index (χ1v) is 16.8. The summed E-state index contributed by atoms with van der Waals surface area (Å²) in [5.41, 5.74) is 8.98. The van der Waals surface area contributed by atoms with Crippen molar-refractivity contribution in [2.75, 3.05) is 0 Å². The maximum atomic E-state index is 4.78. The lowest BCUT2D eigenvalue weighted by atomic mass is 9.77. The van der Waals surface area contributed by atoms with Gasteiger partial charge in [-0.1, -0.05) is 153 Å². The Morgan fingerprint density at radius 1 is 0.653 bits per heavy atom. The van der Waals surface area contributed by atoms with Crippen molar-refractivity contribution in [1.29, 1.82) is 0 Å². The smallest absolute Gasteiger partial charge is 0.266 e. The van der Waals surface area contributed by atoms with E-state index in [1.54, 1.807) is 0 Å². The van der Waals surface area contributed by atoms with Gasteiger partial charge in [0.05, 0.1) is 12.1 Å². The van der Waals surface area contributed by atoms with Gasteiger partial charge in [-0.3, -0.25) is 4.68 Å². The molecule has 0 saturated carbocycles. The minimum Gasteiger partial charge on any atom is -0.266 e. The molecule has 1 N–H and O–H groups in total. The molecule has 0 spiro atoms. The highest BCUT2D eigenvalue weighted by Crippen LogP contribution is 2.38. The van der Waals surface area contributed by atoms with Crippen molar-refractivity contribution in [2.45, 2.75) is 38.8 Å². The summed E-state index contributed by atoms with van der Waals surface area (Å²) in [6.07, 6.45) is 3.89. The molecule has 0 aliphatic rings. The Morgan fingerprint density at radius 2 is 1.22 bits per heavy atom. The van der Waals surface area contributed by atoms with Gasteiger partial charge in [-0.05, 0) is 29.2 Å². The Balaban J connectivity index is 1.23. The summed E-state index contributed by atoms with van der Waals surface area (Å²) in [5.74, 6) is 1.60. The van der Waals surface area contributed by atoms with Gasteiger partial charge in [-0.25, -0.2) is 4.98 Å².